The van der Waals surface area contributed by atoms with E-state index in [4.69, 9.17) is 0 Å². The van der Waals surface area contributed by atoms with E-state index in [1.54, 1.807) is 0 Å². The highest BCUT2D eigenvalue weighted by Gasteiger charge is 2.51. The molecule has 0 saturated heterocycles. The molecule has 0 radical (unpaired) electrons. The van der Waals surface area contributed by atoms with Gasteiger partial charge in [0, 0.05) is 77.9 Å². The summed E-state index contributed by atoms with van der Waals surface area (Å²) >= 11 is 0. The Balaban J connectivity index is 0.953. The molecule has 0 atom stereocenters. The lowest BCUT2D eigenvalue weighted by molar-refractivity contribution is 0.589. The molecule has 0 N–H and O–H groups in total. The summed E-state index contributed by atoms with van der Waals surface area (Å²) in [5, 5.41) is 4.98. The summed E-state index contributed by atoms with van der Waals surface area (Å²) in [6, 6.07) is 131. The van der Waals surface area contributed by atoms with Gasteiger partial charge in [0.25, 0.3) is 6.71 Å². The number of anilines is 6. The minimum absolute atomic E-state index is 0.0932. The van der Waals surface area contributed by atoms with Gasteiger partial charge >= 0.3 is 0 Å². The molecule has 0 saturated carbocycles. The predicted octanol–water partition coefficient (Wildman–Crippen LogP) is 34.7. The maximum atomic E-state index is 2.82. The molecule has 3 aliphatic rings. The number of rotatable bonds is 10. The van der Waals surface area contributed by atoms with Crippen LogP contribution in [0.25, 0.3) is 111 Å². The molecule has 0 fully saturated rings. The number of hydrogen-bond acceptors (Lipinski definition) is 2. The van der Waals surface area contributed by atoms with Crippen LogP contribution in [0.4, 0.5) is 34.1 Å². The lowest BCUT2D eigenvalue weighted by Gasteiger charge is -2.47. The molecule has 0 spiro atoms. The van der Waals surface area contributed by atoms with Crippen molar-refractivity contribution in [1.29, 1.82) is 0 Å². The first-order valence-electron chi connectivity index (χ1n) is 50.4. The van der Waals surface area contributed by atoms with Crippen LogP contribution in [-0.2, 0) is 54.1 Å². The number of aromatic nitrogens is 2. The zero-order valence-electron chi connectivity index (χ0n) is 86.5. The van der Waals surface area contributed by atoms with Crippen molar-refractivity contribution < 1.29 is 0 Å². The van der Waals surface area contributed by atoms with Crippen LogP contribution >= 0.6 is 0 Å². The quantitative estimate of drug-likeness (QED) is 0.127. The van der Waals surface area contributed by atoms with Crippen LogP contribution < -0.4 is 26.2 Å². The average molecular weight is 1800 g/mol. The second-order valence-corrected chi connectivity index (χ2v) is 49.5. The van der Waals surface area contributed by atoms with E-state index in [0.717, 1.165) is 78.8 Å². The molecule has 2 aromatic heterocycles. The van der Waals surface area contributed by atoms with E-state index in [1.165, 1.54) is 155 Å². The molecule has 16 aromatic carbocycles. The standard InChI is InChI=1S/C133H135BN4/c1-124(2,3)86-54-46-82(47-55-86)102-74-94(130(19,20)21)75-103(83-48-56-87(57-49-83)125(4,5)6)122(102)137-115-80-97(135-112-69-62-92(128(13,14)15)72-106(112)107-73-93(129(16,17)18)63-70-113(107)135)64-67-109(115)134-110-68-65-98(136-111-45-37-35-43-101(111)119-114(136)71-66-100-99-42-34-36-44-108(99)133(120(100)119,90-38-30-28-31-39-90)91-40-32-29-33-41-91)81-116(110)138(118-79-96(132(25,26)27)78-117(137)121(118)134)123-104(84-50-58-88(59-51-84)126(7,8)9)76-95(131(22,23)24)77-105(123)85-52-60-89(61-53-85)127(10,11)12/h28-81H,1-27H3. The van der Waals surface area contributed by atoms with Crippen molar-refractivity contribution in [3.63, 3.8) is 0 Å². The van der Waals surface area contributed by atoms with E-state index >= 15 is 0 Å². The van der Waals surface area contributed by atoms with Crippen LogP contribution in [-0.4, -0.2) is 15.8 Å². The molecule has 0 unspecified atom stereocenters. The Hall–Kier alpha value is -13.2. The minimum Gasteiger partial charge on any atom is -0.310 e. The molecule has 690 valence electrons. The van der Waals surface area contributed by atoms with E-state index in [9.17, 15) is 0 Å². The summed E-state index contributed by atoms with van der Waals surface area (Å²) in [7, 11) is 0. The molecule has 4 nitrogen and oxygen atoms in total. The summed E-state index contributed by atoms with van der Waals surface area (Å²) in [6.07, 6.45) is 0. The second kappa shape index (κ2) is 31.9. The number of benzene rings is 16. The van der Waals surface area contributed by atoms with Crippen LogP contribution in [0.3, 0.4) is 0 Å². The molecule has 0 bridgehead atoms. The van der Waals surface area contributed by atoms with Gasteiger partial charge in [-0.15, -0.1) is 0 Å². The molecule has 18 aromatic rings. The monoisotopic (exact) mass is 1800 g/mol. The molecular formula is C133H135BN4. The third-order valence-corrected chi connectivity index (χ3v) is 30.8. The molecule has 5 heteroatoms. The summed E-state index contributed by atoms with van der Waals surface area (Å²) in [5.41, 5.74) is 43.6. The lowest BCUT2D eigenvalue weighted by Crippen LogP contribution is -2.61. The van der Waals surface area contributed by atoms with E-state index in [-0.39, 0.29) is 50.0 Å². The lowest BCUT2D eigenvalue weighted by atomic mass is 9.33. The Morgan fingerprint density at radius 1 is 0.217 bits per heavy atom. The van der Waals surface area contributed by atoms with Crippen molar-refractivity contribution in [3.8, 4) is 67.0 Å². The normalized spacial score (nSPS) is 14.1. The predicted molar refractivity (Wildman–Crippen MR) is 596 cm³/mol. The molecule has 21 rings (SSSR count). The second-order valence-electron chi connectivity index (χ2n) is 49.5. The maximum Gasteiger partial charge on any atom is 0.252 e. The van der Waals surface area contributed by atoms with Crippen molar-refractivity contribution in [1.82, 2.24) is 9.13 Å². The zero-order chi connectivity index (χ0) is 97.3. The van der Waals surface area contributed by atoms with Gasteiger partial charge < -0.3 is 18.9 Å². The van der Waals surface area contributed by atoms with Gasteiger partial charge in [-0.1, -0.05) is 417 Å². The molecule has 2 aliphatic heterocycles. The van der Waals surface area contributed by atoms with Gasteiger partial charge in [-0.3, -0.25) is 0 Å². The van der Waals surface area contributed by atoms with E-state index in [0.29, 0.717) is 0 Å². The molecular weight excluding hydrogens is 1660 g/mol. The maximum absolute atomic E-state index is 2.82. The van der Waals surface area contributed by atoms with Crippen LogP contribution in [0.2, 0.25) is 0 Å². The van der Waals surface area contributed by atoms with Crippen LogP contribution in [0.1, 0.15) is 259 Å². The summed E-state index contributed by atoms with van der Waals surface area (Å²) in [5.74, 6) is 0. The third-order valence-electron chi connectivity index (χ3n) is 30.8. The highest BCUT2D eigenvalue weighted by Crippen LogP contribution is 2.62. The minimum atomic E-state index is -0.677. The Bertz CT molecular complexity index is 7650. The van der Waals surface area contributed by atoms with Gasteiger partial charge in [0.2, 0.25) is 0 Å². The first-order chi connectivity index (χ1) is 65.1. The largest absolute Gasteiger partial charge is 0.310 e. The summed E-state index contributed by atoms with van der Waals surface area (Å²) < 4.78 is 5.24. The van der Waals surface area contributed by atoms with Gasteiger partial charge in [-0.2, -0.15) is 0 Å². The fraction of sp³-hybridized carbons (Fsp3) is 0.278. The first kappa shape index (κ1) is 91.2. The van der Waals surface area contributed by atoms with Gasteiger partial charge in [0.15, 0.2) is 0 Å². The van der Waals surface area contributed by atoms with Gasteiger partial charge in [0.05, 0.1) is 38.9 Å². The Labute approximate surface area is 822 Å². The zero-order valence-corrected chi connectivity index (χ0v) is 86.5. The Morgan fingerprint density at radius 3 is 0.899 bits per heavy atom. The molecule has 1 aliphatic carbocycles. The molecule has 138 heavy (non-hydrogen) atoms. The fourth-order valence-corrected chi connectivity index (χ4v) is 22.8. The van der Waals surface area contributed by atoms with E-state index < -0.39 is 10.8 Å². The number of fused-ring (bicyclic) bond motifs is 14. The first-order valence-corrected chi connectivity index (χ1v) is 50.4. The molecule has 4 heterocycles. The highest BCUT2D eigenvalue weighted by molar-refractivity contribution is 7.00. The topological polar surface area (TPSA) is 16.3 Å². The van der Waals surface area contributed by atoms with Crippen molar-refractivity contribution >= 4 is 101 Å². The Kier molecular flexibility index (Phi) is 21.1. The molecule has 0 amide bonds. The Morgan fingerprint density at radius 2 is 0.529 bits per heavy atom. The van der Waals surface area contributed by atoms with Crippen molar-refractivity contribution in [2.45, 2.75) is 241 Å². The summed E-state index contributed by atoms with van der Waals surface area (Å²) in [6.45, 7) is 63.7. The fourth-order valence-electron chi connectivity index (χ4n) is 22.8. The van der Waals surface area contributed by atoms with Crippen molar-refractivity contribution in [3.05, 3.63) is 400 Å². The van der Waals surface area contributed by atoms with Crippen LogP contribution in [0.5, 0.6) is 0 Å². The van der Waals surface area contributed by atoms with Gasteiger partial charge in [-0.25, -0.2) is 0 Å². The average Bonchev–Trinajstić information content (AvgIpc) is 1.37. The third kappa shape index (κ3) is 15.1. The number of hydrogen-bond donors (Lipinski definition) is 0. The van der Waals surface area contributed by atoms with E-state index in [2.05, 4.69) is 533 Å². The summed E-state index contributed by atoms with van der Waals surface area (Å²) in [4.78, 5) is 5.64. The number of para-hydroxylation sites is 1. The smallest absolute Gasteiger partial charge is 0.252 e. The SMILES string of the molecule is CC(C)(C)c1ccc(-c2cc(C(C)(C)C)cc(-c3ccc(C(C)(C)C)cc3)c2N2c3cc(-n4c5ccc(C(C)(C)C)cc5c5cc(C(C)(C)C)ccc54)ccc3B3c4ccc(-n5c6ccccc6c6c7c(ccc65)-c5ccccc5C7(c5ccccc5)c5ccccc5)cc4N(c4c(-c5ccc(C(C)(C)C)cc5)cc(C(C)(C)C)cc4-c4ccc(C(C)(C)C)cc4)c4cc(C(C)(C)C)cc2c43)cc1. The van der Waals surface area contributed by atoms with Gasteiger partial charge in [0.1, 0.15) is 0 Å². The highest BCUT2D eigenvalue weighted by atomic mass is 15.2. The van der Waals surface area contributed by atoms with Crippen molar-refractivity contribution in [2.24, 2.45) is 0 Å². The number of nitrogens with zero attached hydrogens (tertiary/aromatic N) is 4. The van der Waals surface area contributed by atoms with E-state index in [1.807, 2.05) is 0 Å². The van der Waals surface area contributed by atoms with Crippen molar-refractivity contribution in [2.75, 3.05) is 9.80 Å². The van der Waals surface area contributed by atoms with Crippen LogP contribution in [0.15, 0.2) is 328 Å². The van der Waals surface area contributed by atoms with Crippen LogP contribution in [0, 0.1) is 0 Å². The van der Waals surface area contributed by atoms with Gasteiger partial charge in [-0.05, 0) is 268 Å².